The summed E-state index contributed by atoms with van der Waals surface area (Å²) in [6, 6.07) is -5.44. The highest BCUT2D eigenvalue weighted by atomic mass is 19.4. The largest absolute Gasteiger partial charge is 0.465 e. The zero-order valence-corrected chi connectivity index (χ0v) is 8.23. The number of carbonyl (C=O) groups is 1. The number of hydrogen-bond donors (Lipinski definition) is 1. The van der Waals surface area contributed by atoms with Gasteiger partial charge >= 0.3 is 18.4 Å². The Bertz CT molecular complexity index is 245. The summed E-state index contributed by atoms with van der Waals surface area (Å²) in [7, 11) is 0. The maximum absolute atomic E-state index is 12.2. The van der Waals surface area contributed by atoms with Gasteiger partial charge in [-0.3, -0.25) is 4.90 Å². The molecule has 1 amide bonds. The zero-order valence-electron chi connectivity index (χ0n) is 8.23. The van der Waals surface area contributed by atoms with Crippen molar-refractivity contribution in [3.8, 4) is 0 Å². The summed E-state index contributed by atoms with van der Waals surface area (Å²) in [6.45, 7) is 1.86. The molecule has 0 fully saturated rings. The second kappa shape index (κ2) is 4.38. The predicted octanol–water partition coefficient (Wildman–Crippen LogP) is 2.87. The van der Waals surface area contributed by atoms with E-state index >= 15 is 0 Å². The van der Waals surface area contributed by atoms with Crippen LogP contribution >= 0.6 is 0 Å². The minimum absolute atomic E-state index is 0.667. The summed E-state index contributed by atoms with van der Waals surface area (Å²) in [5.74, 6) is 0. The van der Waals surface area contributed by atoms with Crippen LogP contribution in [0.5, 0.6) is 0 Å². The van der Waals surface area contributed by atoms with Crippen molar-refractivity contribution >= 4 is 6.09 Å². The van der Waals surface area contributed by atoms with Crippen molar-refractivity contribution in [2.75, 3.05) is 0 Å². The molecule has 0 unspecified atom stereocenters. The smallest absolute Gasteiger partial charge is 0.417 e. The van der Waals surface area contributed by atoms with Gasteiger partial charge in [0.1, 0.15) is 0 Å². The Hall–Kier alpha value is -1.15. The van der Waals surface area contributed by atoms with Gasteiger partial charge in [0.15, 0.2) is 0 Å². The summed E-state index contributed by atoms with van der Waals surface area (Å²) in [5, 5.41) is 8.37. The van der Waals surface area contributed by atoms with E-state index in [-0.39, 0.29) is 0 Å². The van der Waals surface area contributed by atoms with Crippen molar-refractivity contribution in [3.63, 3.8) is 0 Å². The molecule has 9 heteroatoms. The molecule has 96 valence electrons. The molecule has 0 aromatic rings. The van der Waals surface area contributed by atoms with E-state index in [1.807, 2.05) is 0 Å². The standard InChI is InChI=1S/C7H9F6NO2/c1-3(2)14(5(15)16)4(6(8,9)10)7(11,12)13/h3-4H,1-2H3,(H,15,16). The average Bonchev–Trinajstić information content (AvgIpc) is 1.93. The van der Waals surface area contributed by atoms with Crippen LogP contribution in [0.2, 0.25) is 0 Å². The highest BCUT2D eigenvalue weighted by Gasteiger charge is 2.61. The van der Waals surface area contributed by atoms with Crippen molar-refractivity contribution in [3.05, 3.63) is 0 Å². The van der Waals surface area contributed by atoms with Crippen molar-refractivity contribution in [1.29, 1.82) is 0 Å². The molecule has 0 aliphatic heterocycles. The van der Waals surface area contributed by atoms with E-state index in [2.05, 4.69) is 0 Å². The predicted molar refractivity (Wildman–Crippen MR) is 40.9 cm³/mol. The SMILES string of the molecule is CC(C)N(C(=O)O)C(C(F)(F)F)C(F)(F)F. The van der Waals surface area contributed by atoms with Gasteiger partial charge in [-0.05, 0) is 13.8 Å². The number of amides is 1. The average molecular weight is 253 g/mol. The molecular formula is C7H9F6NO2. The zero-order chi connectivity index (χ0) is 13.3. The molecular weight excluding hydrogens is 244 g/mol. The first-order valence-electron chi connectivity index (χ1n) is 4.03. The summed E-state index contributed by atoms with van der Waals surface area (Å²) in [4.78, 5) is 9.74. The molecule has 0 saturated heterocycles. The van der Waals surface area contributed by atoms with Gasteiger partial charge in [-0.1, -0.05) is 0 Å². The Morgan fingerprint density at radius 3 is 1.44 bits per heavy atom. The number of carboxylic acid groups (broad SMARTS) is 1. The van der Waals surface area contributed by atoms with E-state index in [1.165, 1.54) is 0 Å². The fraction of sp³-hybridized carbons (Fsp3) is 0.857. The highest BCUT2D eigenvalue weighted by Crippen LogP contribution is 2.38. The topological polar surface area (TPSA) is 40.5 Å². The molecule has 0 atom stereocenters. The first kappa shape index (κ1) is 14.8. The van der Waals surface area contributed by atoms with Gasteiger partial charge in [0.05, 0.1) is 0 Å². The fourth-order valence-electron chi connectivity index (χ4n) is 1.13. The molecule has 0 aromatic carbocycles. The Balaban J connectivity index is 5.41. The van der Waals surface area contributed by atoms with E-state index in [4.69, 9.17) is 5.11 Å². The van der Waals surface area contributed by atoms with E-state index in [0.29, 0.717) is 0 Å². The van der Waals surface area contributed by atoms with Crippen LogP contribution in [-0.2, 0) is 0 Å². The fourth-order valence-corrected chi connectivity index (χ4v) is 1.13. The third-order valence-electron chi connectivity index (χ3n) is 1.68. The van der Waals surface area contributed by atoms with Crippen molar-refractivity contribution < 1.29 is 36.2 Å². The van der Waals surface area contributed by atoms with E-state index < -0.39 is 35.4 Å². The molecule has 0 rings (SSSR count). The Labute approximate surface area is 86.6 Å². The number of alkyl halides is 6. The molecule has 0 aliphatic carbocycles. The molecule has 0 bridgehead atoms. The molecule has 0 aliphatic rings. The van der Waals surface area contributed by atoms with Crippen LogP contribution < -0.4 is 0 Å². The first-order valence-corrected chi connectivity index (χ1v) is 4.03. The summed E-state index contributed by atoms with van der Waals surface area (Å²) in [6.07, 6.45) is -13.7. The lowest BCUT2D eigenvalue weighted by molar-refractivity contribution is -0.284. The third kappa shape index (κ3) is 3.46. The Morgan fingerprint density at radius 1 is 1.06 bits per heavy atom. The molecule has 0 saturated carbocycles. The first-order chi connectivity index (χ1) is 6.89. The van der Waals surface area contributed by atoms with Gasteiger partial charge in [-0.2, -0.15) is 26.3 Å². The summed E-state index contributed by atoms with van der Waals surface area (Å²) in [5.41, 5.74) is 0. The van der Waals surface area contributed by atoms with Crippen LogP contribution in [-0.4, -0.2) is 40.5 Å². The minimum atomic E-state index is -5.69. The molecule has 0 aromatic heterocycles. The van der Waals surface area contributed by atoms with Crippen LogP contribution in [0.15, 0.2) is 0 Å². The molecule has 3 nitrogen and oxygen atoms in total. The maximum Gasteiger partial charge on any atom is 0.417 e. The molecule has 1 N–H and O–H groups in total. The minimum Gasteiger partial charge on any atom is -0.465 e. The number of nitrogens with zero attached hydrogens (tertiary/aromatic N) is 1. The van der Waals surface area contributed by atoms with Crippen molar-refractivity contribution in [2.24, 2.45) is 0 Å². The quantitative estimate of drug-likeness (QED) is 0.768. The highest BCUT2D eigenvalue weighted by molar-refractivity contribution is 5.66. The summed E-state index contributed by atoms with van der Waals surface area (Å²) < 4.78 is 73.0. The third-order valence-corrected chi connectivity index (χ3v) is 1.68. The van der Waals surface area contributed by atoms with E-state index in [0.717, 1.165) is 13.8 Å². The summed E-state index contributed by atoms with van der Waals surface area (Å²) >= 11 is 0. The molecule has 0 spiro atoms. The van der Waals surface area contributed by atoms with E-state index in [9.17, 15) is 31.1 Å². The lowest BCUT2D eigenvalue weighted by Crippen LogP contribution is -2.58. The number of rotatable bonds is 2. The van der Waals surface area contributed by atoms with Gasteiger partial charge in [0.2, 0.25) is 6.04 Å². The lowest BCUT2D eigenvalue weighted by atomic mass is 10.2. The van der Waals surface area contributed by atoms with Gasteiger partial charge in [0, 0.05) is 6.04 Å². The Morgan fingerprint density at radius 2 is 1.38 bits per heavy atom. The van der Waals surface area contributed by atoms with Gasteiger partial charge < -0.3 is 5.11 Å². The second-order valence-corrected chi connectivity index (χ2v) is 3.27. The second-order valence-electron chi connectivity index (χ2n) is 3.27. The molecule has 0 heterocycles. The van der Waals surface area contributed by atoms with Gasteiger partial charge in [-0.25, -0.2) is 4.79 Å². The van der Waals surface area contributed by atoms with Crippen LogP contribution in [0.1, 0.15) is 13.8 Å². The van der Waals surface area contributed by atoms with Crippen LogP contribution in [0.3, 0.4) is 0 Å². The maximum atomic E-state index is 12.2. The van der Waals surface area contributed by atoms with Crippen molar-refractivity contribution in [2.45, 2.75) is 38.3 Å². The van der Waals surface area contributed by atoms with Gasteiger partial charge in [0.25, 0.3) is 0 Å². The van der Waals surface area contributed by atoms with Crippen LogP contribution in [0.4, 0.5) is 31.1 Å². The van der Waals surface area contributed by atoms with Crippen LogP contribution in [0.25, 0.3) is 0 Å². The van der Waals surface area contributed by atoms with E-state index in [1.54, 1.807) is 0 Å². The monoisotopic (exact) mass is 253 g/mol. The molecule has 0 radical (unpaired) electrons. The van der Waals surface area contributed by atoms with Gasteiger partial charge in [-0.15, -0.1) is 0 Å². The molecule has 16 heavy (non-hydrogen) atoms. The normalized spacial score (nSPS) is 13.4. The Kier molecular flexibility index (Phi) is 4.07. The number of hydrogen-bond acceptors (Lipinski definition) is 1. The van der Waals surface area contributed by atoms with Crippen LogP contribution in [0, 0.1) is 0 Å². The lowest BCUT2D eigenvalue weighted by Gasteiger charge is -2.34. The van der Waals surface area contributed by atoms with Crippen molar-refractivity contribution in [1.82, 2.24) is 4.90 Å². The number of halogens is 6.